The predicted octanol–water partition coefficient (Wildman–Crippen LogP) is 2.62. The summed E-state index contributed by atoms with van der Waals surface area (Å²) in [5.41, 5.74) is 0.690. The van der Waals surface area contributed by atoms with Crippen LogP contribution in [0.15, 0.2) is 36.5 Å². The van der Waals surface area contributed by atoms with E-state index in [4.69, 9.17) is 0 Å². The molecule has 3 amide bonds. The molecule has 1 fully saturated rings. The molecular weight excluding hydrogens is 332 g/mol. The van der Waals surface area contributed by atoms with E-state index in [1.54, 1.807) is 36.5 Å². The standard InChI is InChI=1S/C19H20N4O3/c24-17(12-22-18(25)14-8-4-5-9-15(14)19(22)26)21-16-10-11-20-23(16)13-6-2-1-3-7-13/h4-5,8-11,13H,1-3,6-7,12H2,(H,21,24). The van der Waals surface area contributed by atoms with Gasteiger partial charge in [-0.3, -0.25) is 19.3 Å². The summed E-state index contributed by atoms with van der Waals surface area (Å²) in [6, 6.07) is 8.65. The van der Waals surface area contributed by atoms with Crippen molar-refractivity contribution in [3.63, 3.8) is 0 Å². The first-order valence-corrected chi connectivity index (χ1v) is 8.94. The van der Waals surface area contributed by atoms with E-state index in [0.29, 0.717) is 16.9 Å². The molecule has 0 bridgehead atoms. The molecule has 0 atom stereocenters. The largest absolute Gasteiger partial charge is 0.309 e. The number of amides is 3. The van der Waals surface area contributed by atoms with Crippen LogP contribution in [-0.2, 0) is 4.79 Å². The van der Waals surface area contributed by atoms with Crippen LogP contribution in [0, 0.1) is 0 Å². The molecule has 7 nitrogen and oxygen atoms in total. The SMILES string of the molecule is O=C(CN1C(=O)c2ccccc2C1=O)Nc1ccnn1C1CCCCC1. The first-order chi connectivity index (χ1) is 12.6. The fraction of sp³-hybridized carbons (Fsp3) is 0.368. The van der Waals surface area contributed by atoms with Gasteiger partial charge in [-0.2, -0.15) is 5.10 Å². The lowest BCUT2D eigenvalue weighted by atomic mass is 9.96. The van der Waals surface area contributed by atoms with Crippen LogP contribution in [0.3, 0.4) is 0 Å². The van der Waals surface area contributed by atoms with Crippen molar-refractivity contribution in [3.8, 4) is 0 Å². The van der Waals surface area contributed by atoms with Crippen molar-refractivity contribution in [1.29, 1.82) is 0 Å². The average Bonchev–Trinajstić information content (AvgIpc) is 3.22. The van der Waals surface area contributed by atoms with Gasteiger partial charge in [0.1, 0.15) is 12.4 Å². The maximum Gasteiger partial charge on any atom is 0.262 e. The number of hydrogen-bond acceptors (Lipinski definition) is 4. The Morgan fingerprint density at radius 2 is 1.69 bits per heavy atom. The molecule has 1 aliphatic heterocycles. The molecule has 1 aliphatic carbocycles. The van der Waals surface area contributed by atoms with Crippen LogP contribution in [0.4, 0.5) is 5.82 Å². The molecule has 0 spiro atoms. The molecule has 2 aliphatic rings. The topological polar surface area (TPSA) is 84.3 Å². The fourth-order valence-corrected chi connectivity index (χ4v) is 3.74. The second kappa shape index (κ2) is 6.74. The van der Waals surface area contributed by atoms with Crippen molar-refractivity contribution >= 4 is 23.5 Å². The van der Waals surface area contributed by atoms with Crippen LogP contribution in [0.2, 0.25) is 0 Å². The van der Waals surface area contributed by atoms with Gasteiger partial charge in [0.15, 0.2) is 0 Å². The molecule has 4 rings (SSSR count). The normalized spacial score (nSPS) is 17.5. The second-order valence-electron chi connectivity index (χ2n) is 6.74. The van der Waals surface area contributed by atoms with E-state index in [1.807, 2.05) is 4.68 Å². The Morgan fingerprint density at radius 1 is 1.04 bits per heavy atom. The van der Waals surface area contributed by atoms with Crippen LogP contribution >= 0.6 is 0 Å². The minimum atomic E-state index is -0.429. The van der Waals surface area contributed by atoms with Gasteiger partial charge < -0.3 is 5.32 Å². The summed E-state index contributed by atoms with van der Waals surface area (Å²) in [6.07, 6.45) is 7.30. The molecule has 1 N–H and O–H groups in total. The zero-order chi connectivity index (χ0) is 18.1. The van der Waals surface area contributed by atoms with Gasteiger partial charge in [-0.15, -0.1) is 0 Å². The Morgan fingerprint density at radius 3 is 2.35 bits per heavy atom. The van der Waals surface area contributed by atoms with Gasteiger partial charge in [0.05, 0.1) is 23.4 Å². The van der Waals surface area contributed by atoms with E-state index in [0.717, 1.165) is 30.6 Å². The van der Waals surface area contributed by atoms with Crippen molar-refractivity contribution in [2.24, 2.45) is 0 Å². The molecule has 26 heavy (non-hydrogen) atoms. The van der Waals surface area contributed by atoms with E-state index in [1.165, 1.54) is 6.42 Å². The van der Waals surface area contributed by atoms with Crippen LogP contribution in [0.5, 0.6) is 0 Å². The van der Waals surface area contributed by atoms with E-state index >= 15 is 0 Å². The first-order valence-electron chi connectivity index (χ1n) is 8.94. The molecule has 1 aromatic carbocycles. The van der Waals surface area contributed by atoms with Gasteiger partial charge in [-0.05, 0) is 25.0 Å². The number of anilines is 1. The molecule has 0 saturated heterocycles. The number of carbonyl (C=O) groups is 3. The third-order valence-electron chi connectivity index (χ3n) is 5.04. The number of hydrogen-bond donors (Lipinski definition) is 1. The summed E-state index contributed by atoms with van der Waals surface area (Å²) >= 11 is 0. The summed E-state index contributed by atoms with van der Waals surface area (Å²) in [4.78, 5) is 38.2. The maximum atomic E-state index is 12.4. The Bertz CT molecular complexity index is 832. The minimum Gasteiger partial charge on any atom is -0.309 e. The Kier molecular flexibility index (Phi) is 4.28. The van der Waals surface area contributed by atoms with Gasteiger partial charge in [0.25, 0.3) is 11.8 Å². The van der Waals surface area contributed by atoms with E-state index in [9.17, 15) is 14.4 Å². The third-order valence-corrected chi connectivity index (χ3v) is 5.04. The van der Waals surface area contributed by atoms with E-state index < -0.39 is 17.7 Å². The first kappa shape index (κ1) is 16.5. The van der Waals surface area contributed by atoms with Gasteiger partial charge >= 0.3 is 0 Å². The average molecular weight is 352 g/mol. The molecule has 7 heteroatoms. The second-order valence-corrected chi connectivity index (χ2v) is 6.74. The Labute approximate surface area is 151 Å². The monoisotopic (exact) mass is 352 g/mol. The zero-order valence-corrected chi connectivity index (χ0v) is 14.4. The summed E-state index contributed by atoms with van der Waals surface area (Å²) in [5.74, 6) is -0.654. The molecular formula is C19H20N4O3. The van der Waals surface area contributed by atoms with Crippen LogP contribution in [0.25, 0.3) is 0 Å². The van der Waals surface area contributed by atoms with Crippen molar-refractivity contribution in [1.82, 2.24) is 14.7 Å². The quantitative estimate of drug-likeness (QED) is 0.857. The lowest BCUT2D eigenvalue weighted by Gasteiger charge is -2.24. The van der Waals surface area contributed by atoms with Crippen molar-refractivity contribution in [2.75, 3.05) is 11.9 Å². The Hall–Kier alpha value is -2.96. The lowest BCUT2D eigenvalue weighted by molar-refractivity contribution is -0.116. The summed E-state index contributed by atoms with van der Waals surface area (Å²) < 4.78 is 1.85. The molecule has 1 aromatic heterocycles. The smallest absolute Gasteiger partial charge is 0.262 e. The van der Waals surface area contributed by atoms with Gasteiger partial charge in [0.2, 0.25) is 5.91 Å². The summed E-state index contributed by atoms with van der Waals surface area (Å²) in [6.45, 7) is -0.303. The molecule has 134 valence electrons. The highest BCUT2D eigenvalue weighted by Crippen LogP contribution is 2.30. The highest BCUT2D eigenvalue weighted by molar-refractivity contribution is 6.22. The van der Waals surface area contributed by atoms with Gasteiger partial charge in [-0.1, -0.05) is 31.4 Å². The summed E-state index contributed by atoms with van der Waals surface area (Å²) in [5, 5.41) is 7.14. The van der Waals surface area contributed by atoms with Crippen molar-refractivity contribution in [2.45, 2.75) is 38.1 Å². The van der Waals surface area contributed by atoms with E-state index in [-0.39, 0.29) is 12.6 Å². The highest BCUT2D eigenvalue weighted by atomic mass is 16.2. The molecule has 2 heterocycles. The number of nitrogens with one attached hydrogen (secondary N) is 1. The maximum absolute atomic E-state index is 12.4. The fourth-order valence-electron chi connectivity index (χ4n) is 3.74. The van der Waals surface area contributed by atoms with Gasteiger partial charge in [0, 0.05) is 6.07 Å². The number of carbonyl (C=O) groups excluding carboxylic acids is 3. The number of rotatable bonds is 4. The van der Waals surface area contributed by atoms with Gasteiger partial charge in [-0.25, -0.2) is 4.68 Å². The van der Waals surface area contributed by atoms with E-state index in [2.05, 4.69) is 10.4 Å². The number of imide groups is 1. The Balaban J connectivity index is 1.45. The summed E-state index contributed by atoms with van der Waals surface area (Å²) in [7, 11) is 0. The zero-order valence-electron chi connectivity index (χ0n) is 14.4. The molecule has 2 aromatic rings. The number of aromatic nitrogens is 2. The highest BCUT2D eigenvalue weighted by Gasteiger charge is 2.36. The van der Waals surface area contributed by atoms with Crippen LogP contribution in [0.1, 0.15) is 58.9 Å². The molecule has 0 radical (unpaired) electrons. The minimum absolute atomic E-state index is 0.286. The van der Waals surface area contributed by atoms with Crippen LogP contribution < -0.4 is 5.32 Å². The molecule has 1 saturated carbocycles. The number of nitrogens with zero attached hydrogens (tertiary/aromatic N) is 3. The van der Waals surface area contributed by atoms with Crippen LogP contribution in [-0.4, -0.2) is 38.9 Å². The number of fused-ring (bicyclic) bond motifs is 1. The third kappa shape index (κ3) is 2.89. The number of benzene rings is 1. The lowest BCUT2D eigenvalue weighted by Crippen LogP contribution is -2.37. The predicted molar refractivity (Wildman–Crippen MR) is 94.8 cm³/mol. The molecule has 0 unspecified atom stereocenters. The van der Waals surface area contributed by atoms with Crippen molar-refractivity contribution in [3.05, 3.63) is 47.7 Å². The van der Waals surface area contributed by atoms with Crippen molar-refractivity contribution < 1.29 is 14.4 Å².